The molecule has 10 nitrogen and oxygen atoms in total. The molecule has 0 heterocycles. The fourth-order valence-electron chi connectivity index (χ4n) is 3.27. The highest BCUT2D eigenvalue weighted by Gasteiger charge is 2.20. The number of rotatable bonds is 8. The van der Waals surface area contributed by atoms with Crippen LogP contribution >= 0.6 is 0 Å². The summed E-state index contributed by atoms with van der Waals surface area (Å²) in [6, 6.07) is 16.7. The summed E-state index contributed by atoms with van der Waals surface area (Å²) in [5.74, 6) is -3.16. The van der Waals surface area contributed by atoms with Crippen molar-refractivity contribution >= 4 is 35.3 Å². The highest BCUT2D eigenvalue weighted by molar-refractivity contribution is 6.12. The smallest absolute Gasteiger partial charge is 0.336 e. The van der Waals surface area contributed by atoms with E-state index in [4.69, 9.17) is 11.1 Å². The summed E-state index contributed by atoms with van der Waals surface area (Å²) in [5, 5.41) is 22.2. The van der Waals surface area contributed by atoms with Crippen LogP contribution < -0.4 is 16.4 Å². The van der Waals surface area contributed by atoms with E-state index in [2.05, 4.69) is 15.4 Å². The van der Waals surface area contributed by atoms with Gasteiger partial charge in [0, 0.05) is 22.4 Å². The van der Waals surface area contributed by atoms with Crippen LogP contribution in [0.15, 0.2) is 66.7 Å². The summed E-state index contributed by atoms with van der Waals surface area (Å²) in [4.78, 5) is 48.9. The zero-order valence-corrected chi connectivity index (χ0v) is 18.6. The minimum absolute atomic E-state index is 0.0183. The van der Waals surface area contributed by atoms with Crippen LogP contribution in [-0.2, 0) is 9.53 Å². The molecular formula is C25H22N4O6. The first kappa shape index (κ1) is 24.6. The second kappa shape index (κ2) is 10.8. The Kier molecular flexibility index (Phi) is 7.57. The molecule has 0 aliphatic rings. The van der Waals surface area contributed by atoms with Crippen molar-refractivity contribution in [2.24, 2.45) is 5.73 Å². The maximum atomic E-state index is 13.3. The van der Waals surface area contributed by atoms with Gasteiger partial charge in [-0.3, -0.25) is 19.8 Å². The molecule has 0 radical (unpaired) electrons. The molecule has 0 aliphatic carbocycles. The second-order valence-corrected chi connectivity index (χ2v) is 7.32. The number of benzene rings is 3. The second-order valence-electron chi connectivity index (χ2n) is 7.32. The first-order valence-corrected chi connectivity index (χ1v) is 10.3. The van der Waals surface area contributed by atoms with Crippen molar-refractivity contribution in [3.8, 4) is 11.1 Å². The molecule has 2 amide bonds. The van der Waals surface area contributed by atoms with Crippen molar-refractivity contribution in [3.63, 3.8) is 0 Å². The molecule has 10 heteroatoms. The molecule has 0 unspecified atom stereocenters. The summed E-state index contributed by atoms with van der Waals surface area (Å²) in [6.07, 6.45) is 0. The SMILES string of the molecule is COC(=O)CNC(=O)c1ccc(-c2ccccc2C(=O)O)c(C(=O)Nc2ccc(C(=N)N)cc2)c1. The molecule has 0 saturated carbocycles. The summed E-state index contributed by atoms with van der Waals surface area (Å²) >= 11 is 0. The standard InChI is InChI=1S/C25H22N4O6/c1-35-21(30)13-28-23(31)15-8-11-18(17-4-2-3-5-19(17)25(33)34)20(12-15)24(32)29-16-9-6-14(7-10-16)22(26)27/h2-12H,13H2,1H3,(H3,26,27)(H,28,31)(H,29,32)(H,33,34). The maximum Gasteiger partial charge on any atom is 0.336 e. The number of nitrogens with one attached hydrogen (secondary N) is 3. The number of ether oxygens (including phenoxy) is 1. The fourth-order valence-corrected chi connectivity index (χ4v) is 3.27. The van der Waals surface area contributed by atoms with Gasteiger partial charge in [-0.25, -0.2) is 4.79 Å². The van der Waals surface area contributed by atoms with E-state index in [0.29, 0.717) is 22.4 Å². The fraction of sp³-hybridized carbons (Fsp3) is 0.0800. The largest absolute Gasteiger partial charge is 0.478 e. The van der Waals surface area contributed by atoms with Gasteiger partial charge in [-0.2, -0.15) is 0 Å². The lowest BCUT2D eigenvalue weighted by Gasteiger charge is -2.14. The van der Waals surface area contributed by atoms with Gasteiger partial charge >= 0.3 is 11.9 Å². The minimum atomic E-state index is -1.17. The molecule has 35 heavy (non-hydrogen) atoms. The van der Waals surface area contributed by atoms with Crippen molar-refractivity contribution in [3.05, 3.63) is 89.0 Å². The average Bonchev–Trinajstić information content (AvgIpc) is 2.86. The molecule has 178 valence electrons. The van der Waals surface area contributed by atoms with Crippen LogP contribution in [0.4, 0.5) is 5.69 Å². The predicted octanol–water partition coefficient (Wildman–Crippen LogP) is 2.49. The normalized spacial score (nSPS) is 10.2. The number of amidine groups is 1. The summed E-state index contributed by atoms with van der Waals surface area (Å²) in [7, 11) is 1.19. The number of hydrogen-bond acceptors (Lipinski definition) is 6. The molecule has 0 aromatic heterocycles. The number of hydrogen-bond donors (Lipinski definition) is 5. The topological polar surface area (TPSA) is 172 Å². The molecular weight excluding hydrogens is 452 g/mol. The highest BCUT2D eigenvalue weighted by Crippen LogP contribution is 2.29. The highest BCUT2D eigenvalue weighted by atomic mass is 16.5. The van der Waals surface area contributed by atoms with Gasteiger partial charge in [-0.05, 0) is 53.6 Å². The van der Waals surface area contributed by atoms with Crippen LogP contribution in [0.25, 0.3) is 11.1 Å². The minimum Gasteiger partial charge on any atom is -0.478 e. The molecule has 0 spiro atoms. The number of esters is 1. The number of anilines is 1. The van der Waals surface area contributed by atoms with Crippen molar-refractivity contribution in [1.29, 1.82) is 5.41 Å². The van der Waals surface area contributed by atoms with Crippen molar-refractivity contribution in [2.45, 2.75) is 0 Å². The third kappa shape index (κ3) is 5.88. The molecule has 0 fully saturated rings. The Labute approximate surface area is 200 Å². The molecule has 3 aromatic rings. The van der Waals surface area contributed by atoms with Crippen molar-refractivity contribution in [2.75, 3.05) is 19.0 Å². The lowest BCUT2D eigenvalue weighted by atomic mass is 9.93. The van der Waals surface area contributed by atoms with E-state index < -0.39 is 23.8 Å². The first-order chi connectivity index (χ1) is 16.7. The van der Waals surface area contributed by atoms with E-state index in [1.807, 2.05) is 0 Å². The molecule has 0 bridgehead atoms. The number of carboxylic acids is 1. The molecule has 3 aromatic carbocycles. The number of carbonyl (C=O) groups excluding carboxylic acids is 3. The number of carboxylic acid groups (broad SMARTS) is 1. The zero-order valence-electron chi connectivity index (χ0n) is 18.6. The Balaban J connectivity index is 2.03. The quantitative estimate of drug-likeness (QED) is 0.189. The number of nitrogens with two attached hydrogens (primary N) is 1. The number of methoxy groups -OCH3 is 1. The molecule has 0 atom stereocenters. The predicted molar refractivity (Wildman–Crippen MR) is 129 cm³/mol. The number of carbonyl (C=O) groups is 4. The summed E-state index contributed by atoms with van der Waals surface area (Å²) < 4.78 is 4.51. The lowest BCUT2D eigenvalue weighted by molar-refractivity contribution is -0.139. The van der Waals surface area contributed by atoms with Crippen LogP contribution in [0.2, 0.25) is 0 Å². The van der Waals surface area contributed by atoms with Crippen LogP contribution in [-0.4, -0.2) is 48.3 Å². The molecule has 0 saturated heterocycles. The van der Waals surface area contributed by atoms with E-state index in [1.165, 1.54) is 31.4 Å². The number of aromatic carboxylic acids is 1. The van der Waals surface area contributed by atoms with Gasteiger partial charge in [-0.1, -0.05) is 24.3 Å². The number of amides is 2. The Morgan fingerprint density at radius 1 is 0.886 bits per heavy atom. The Morgan fingerprint density at radius 3 is 2.14 bits per heavy atom. The summed E-state index contributed by atoms with van der Waals surface area (Å²) in [5.41, 5.74) is 7.03. The van der Waals surface area contributed by atoms with E-state index in [1.54, 1.807) is 42.5 Å². The van der Waals surface area contributed by atoms with Crippen LogP contribution in [0.3, 0.4) is 0 Å². The third-order valence-electron chi connectivity index (χ3n) is 5.05. The van der Waals surface area contributed by atoms with E-state index in [-0.39, 0.29) is 29.1 Å². The van der Waals surface area contributed by atoms with Crippen molar-refractivity contribution < 1.29 is 29.0 Å². The first-order valence-electron chi connectivity index (χ1n) is 10.3. The van der Waals surface area contributed by atoms with Gasteiger partial charge in [0.15, 0.2) is 0 Å². The third-order valence-corrected chi connectivity index (χ3v) is 5.05. The zero-order chi connectivity index (χ0) is 25.5. The monoisotopic (exact) mass is 474 g/mol. The average molecular weight is 474 g/mol. The van der Waals surface area contributed by atoms with Crippen LogP contribution in [0.1, 0.15) is 36.6 Å². The van der Waals surface area contributed by atoms with E-state index in [9.17, 15) is 24.3 Å². The van der Waals surface area contributed by atoms with Gasteiger partial charge in [0.25, 0.3) is 11.8 Å². The maximum absolute atomic E-state index is 13.3. The van der Waals surface area contributed by atoms with Gasteiger partial charge in [0.05, 0.1) is 12.7 Å². The molecule has 0 aliphatic heterocycles. The van der Waals surface area contributed by atoms with Crippen LogP contribution in [0.5, 0.6) is 0 Å². The van der Waals surface area contributed by atoms with Gasteiger partial charge in [0.1, 0.15) is 12.4 Å². The van der Waals surface area contributed by atoms with E-state index >= 15 is 0 Å². The summed E-state index contributed by atoms with van der Waals surface area (Å²) in [6.45, 7) is -0.358. The number of nitrogen functional groups attached to an aromatic ring is 1. The van der Waals surface area contributed by atoms with Gasteiger partial charge < -0.3 is 26.2 Å². The van der Waals surface area contributed by atoms with Gasteiger partial charge in [-0.15, -0.1) is 0 Å². The molecule has 3 rings (SSSR count). The Bertz CT molecular complexity index is 1320. The molecule has 6 N–H and O–H groups in total. The van der Waals surface area contributed by atoms with Gasteiger partial charge in [0.2, 0.25) is 0 Å². The van der Waals surface area contributed by atoms with Crippen LogP contribution in [0, 0.1) is 5.41 Å². The van der Waals surface area contributed by atoms with Crippen molar-refractivity contribution in [1.82, 2.24) is 5.32 Å². The lowest BCUT2D eigenvalue weighted by Crippen LogP contribution is -2.30. The van der Waals surface area contributed by atoms with E-state index in [0.717, 1.165) is 0 Å². The Hall–Kier alpha value is -4.99. The Morgan fingerprint density at radius 2 is 1.51 bits per heavy atom.